The molecule has 0 bridgehead atoms. The van der Waals surface area contributed by atoms with Gasteiger partial charge < -0.3 is 10.4 Å². The zero-order chi connectivity index (χ0) is 16.7. The van der Waals surface area contributed by atoms with Crippen LogP contribution in [-0.2, 0) is 6.54 Å². The third-order valence-electron chi connectivity index (χ3n) is 4.46. The lowest BCUT2D eigenvalue weighted by molar-refractivity contribution is 0.0944. The van der Waals surface area contributed by atoms with Crippen LogP contribution in [0.3, 0.4) is 0 Å². The number of benzene rings is 1. The molecule has 1 aliphatic rings. The molecule has 23 heavy (non-hydrogen) atoms. The Kier molecular flexibility index (Phi) is 6.57. The summed E-state index contributed by atoms with van der Waals surface area (Å²) in [4.78, 5) is 14.4. The van der Waals surface area contributed by atoms with Crippen molar-refractivity contribution in [2.45, 2.75) is 38.8 Å². The molecule has 5 heteroatoms. The Hall–Kier alpha value is -1.90. The molecule has 1 aromatic carbocycles. The van der Waals surface area contributed by atoms with Crippen molar-refractivity contribution in [2.75, 3.05) is 19.7 Å². The largest absolute Gasteiger partial charge is 0.396 e. The molecule has 1 unspecified atom stereocenters. The zero-order valence-electron chi connectivity index (χ0n) is 13.7. The summed E-state index contributed by atoms with van der Waals surface area (Å²) in [5, 5.41) is 20.8. The Morgan fingerprint density at radius 2 is 2.04 bits per heavy atom. The van der Waals surface area contributed by atoms with Gasteiger partial charge in [0.05, 0.1) is 6.07 Å². The van der Waals surface area contributed by atoms with Crippen molar-refractivity contribution in [1.82, 2.24) is 10.2 Å². The van der Waals surface area contributed by atoms with Crippen molar-refractivity contribution < 1.29 is 9.90 Å². The van der Waals surface area contributed by atoms with Crippen molar-refractivity contribution >= 4 is 5.91 Å². The van der Waals surface area contributed by atoms with Gasteiger partial charge in [-0.15, -0.1) is 0 Å². The van der Waals surface area contributed by atoms with E-state index in [4.69, 9.17) is 5.26 Å². The van der Waals surface area contributed by atoms with Crippen LogP contribution in [0.25, 0.3) is 0 Å². The second-order valence-corrected chi connectivity index (χ2v) is 6.16. The van der Waals surface area contributed by atoms with E-state index < -0.39 is 6.04 Å². The smallest absolute Gasteiger partial charge is 0.252 e. The SMILES string of the molecule is CCC(C#N)NC(=O)c1ccc(CN2CCC(CO)CC2)cc1. The molecule has 0 spiro atoms. The number of hydrogen-bond acceptors (Lipinski definition) is 4. The Labute approximate surface area is 137 Å². The van der Waals surface area contributed by atoms with Gasteiger partial charge in [0.2, 0.25) is 0 Å². The molecule has 1 heterocycles. The maximum atomic E-state index is 12.0. The summed E-state index contributed by atoms with van der Waals surface area (Å²) in [5.74, 6) is 0.248. The van der Waals surface area contributed by atoms with E-state index in [0.29, 0.717) is 24.5 Å². The summed E-state index contributed by atoms with van der Waals surface area (Å²) < 4.78 is 0. The van der Waals surface area contributed by atoms with Gasteiger partial charge in [-0.2, -0.15) is 5.26 Å². The minimum atomic E-state index is -0.435. The monoisotopic (exact) mass is 315 g/mol. The minimum absolute atomic E-state index is 0.200. The van der Waals surface area contributed by atoms with Gasteiger partial charge in [-0.05, 0) is 56.0 Å². The van der Waals surface area contributed by atoms with E-state index in [9.17, 15) is 9.90 Å². The average Bonchev–Trinajstić information content (AvgIpc) is 2.60. The molecule has 0 radical (unpaired) electrons. The van der Waals surface area contributed by atoms with Crippen molar-refractivity contribution in [2.24, 2.45) is 5.92 Å². The first-order chi connectivity index (χ1) is 11.2. The van der Waals surface area contributed by atoms with Crippen LogP contribution in [-0.4, -0.2) is 41.7 Å². The lowest BCUT2D eigenvalue weighted by Crippen LogP contribution is -2.34. The number of nitriles is 1. The number of nitrogens with one attached hydrogen (secondary N) is 1. The highest BCUT2D eigenvalue weighted by Crippen LogP contribution is 2.18. The molecule has 1 aromatic rings. The predicted octanol–water partition coefficient (Wildman–Crippen LogP) is 1.92. The van der Waals surface area contributed by atoms with Crippen molar-refractivity contribution in [3.05, 3.63) is 35.4 Å². The molecular formula is C18H25N3O2. The highest BCUT2D eigenvalue weighted by atomic mass is 16.3. The van der Waals surface area contributed by atoms with Crippen LogP contribution in [0.5, 0.6) is 0 Å². The van der Waals surface area contributed by atoms with Crippen LogP contribution < -0.4 is 5.32 Å². The summed E-state index contributed by atoms with van der Waals surface area (Å²) in [7, 11) is 0. The van der Waals surface area contributed by atoms with E-state index in [-0.39, 0.29) is 5.91 Å². The number of rotatable bonds is 6. The molecule has 124 valence electrons. The lowest BCUT2D eigenvalue weighted by Gasteiger charge is -2.31. The Morgan fingerprint density at radius 3 is 2.57 bits per heavy atom. The van der Waals surface area contributed by atoms with Crippen LogP contribution in [0, 0.1) is 17.2 Å². The highest BCUT2D eigenvalue weighted by Gasteiger charge is 2.18. The summed E-state index contributed by atoms with van der Waals surface area (Å²) in [6, 6.07) is 9.21. The van der Waals surface area contributed by atoms with Crippen LogP contribution in [0.2, 0.25) is 0 Å². The first kappa shape index (κ1) is 17.5. The Morgan fingerprint density at radius 1 is 1.39 bits per heavy atom. The van der Waals surface area contributed by atoms with Gasteiger partial charge in [0.25, 0.3) is 5.91 Å². The molecule has 0 aliphatic carbocycles. The molecule has 1 atom stereocenters. The normalized spacial score (nSPS) is 17.4. The number of amides is 1. The fraction of sp³-hybridized carbons (Fsp3) is 0.556. The molecule has 0 aromatic heterocycles. The standard InChI is InChI=1S/C18H25N3O2/c1-2-17(11-19)20-18(23)16-5-3-14(4-6-16)12-21-9-7-15(13-22)8-10-21/h3-6,15,17,22H,2,7-10,12-13H2,1H3,(H,20,23). The fourth-order valence-corrected chi connectivity index (χ4v) is 2.81. The molecule has 2 N–H and O–H groups in total. The van der Waals surface area contributed by atoms with Crippen LogP contribution in [0.4, 0.5) is 0 Å². The number of nitrogens with zero attached hydrogens (tertiary/aromatic N) is 2. The third kappa shape index (κ3) is 5.05. The van der Waals surface area contributed by atoms with E-state index in [2.05, 4.69) is 16.3 Å². The molecule has 5 nitrogen and oxygen atoms in total. The minimum Gasteiger partial charge on any atom is -0.396 e. The number of aliphatic hydroxyl groups is 1. The number of carbonyl (C=O) groups excluding carboxylic acids is 1. The third-order valence-corrected chi connectivity index (χ3v) is 4.46. The topological polar surface area (TPSA) is 76.4 Å². The fourth-order valence-electron chi connectivity index (χ4n) is 2.81. The maximum absolute atomic E-state index is 12.0. The zero-order valence-corrected chi connectivity index (χ0v) is 13.7. The van der Waals surface area contributed by atoms with E-state index in [1.54, 1.807) is 0 Å². The van der Waals surface area contributed by atoms with Gasteiger partial charge in [0.1, 0.15) is 6.04 Å². The molecule has 1 saturated heterocycles. The number of likely N-dealkylation sites (tertiary alicyclic amines) is 1. The first-order valence-electron chi connectivity index (χ1n) is 8.29. The van der Waals surface area contributed by atoms with Crippen LogP contribution in [0.1, 0.15) is 42.1 Å². The van der Waals surface area contributed by atoms with Crippen LogP contribution in [0.15, 0.2) is 24.3 Å². The van der Waals surface area contributed by atoms with E-state index in [1.807, 2.05) is 31.2 Å². The van der Waals surface area contributed by atoms with E-state index in [0.717, 1.165) is 32.5 Å². The number of piperidine rings is 1. The van der Waals surface area contributed by atoms with Gasteiger partial charge in [0, 0.05) is 18.7 Å². The van der Waals surface area contributed by atoms with Gasteiger partial charge in [-0.25, -0.2) is 0 Å². The molecule has 1 aliphatic heterocycles. The lowest BCUT2D eigenvalue weighted by atomic mass is 9.97. The summed E-state index contributed by atoms with van der Waals surface area (Å²) >= 11 is 0. The summed E-state index contributed by atoms with van der Waals surface area (Å²) in [5.41, 5.74) is 1.76. The Bertz CT molecular complexity index is 542. The average molecular weight is 315 g/mol. The Balaban J connectivity index is 1.87. The predicted molar refractivity (Wildman–Crippen MR) is 88.7 cm³/mol. The van der Waals surface area contributed by atoms with Crippen molar-refractivity contribution in [3.63, 3.8) is 0 Å². The molecular weight excluding hydrogens is 290 g/mol. The van der Waals surface area contributed by atoms with Crippen LogP contribution >= 0.6 is 0 Å². The number of aliphatic hydroxyl groups excluding tert-OH is 1. The van der Waals surface area contributed by atoms with Gasteiger partial charge in [0.15, 0.2) is 0 Å². The first-order valence-corrected chi connectivity index (χ1v) is 8.29. The molecule has 1 amide bonds. The molecule has 1 fully saturated rings. The highest BCUT2D eigenvalue weighted by molar-refractivity contribution is 5.94. The molecule has 2 rings (SSSR count). The van der Waals surface area contributed by atoms with Gasteiger partial charge in [-0.3, -0.25) is 9.69 Å². The maximum Gasteiger partial charge on any atom is 0.252 e. The van der Waals surface area contributed by atoms with Gasteiger partial charge in [-0.1, -0.05) is 19.1 Å². The molecule has 0 saturated carbocycles. The second kappa shape index (κ2) is 8.66. The number of hydrogen-bond donors (Lipinski definition) is 2. The quantitative estimate of drug-likeness (QED) is 0.841. The second-order valence-electron chi connectivity index (χ2n) is 6.16. The van der Waals surface area contributed by atoms with E-state index in [1.165, 1.54) is 5.56 Å². The van der Waals surface area contributed by atoms with Crippen molar-refractivity contribution in [3.8, 4) is 6.07 Å². The summed E-state index contributed by atoms with van der Waals surface area (Å²) in [6.07, 6.45) is 2.69. The number of carbonyl (C=O) groups is 1. The summed E-state index contributed by atoms with van der Waals surface area (Å²) in [6.45, 7) is 5.05. The van der Waals surface area contributed by atoms with E-state index >= 15 is 0 Å². The van der Waals surface area contributed by atoms with Gasteiger partial charge >= 0.3 is 0 Å². The van der Waals surface area contributed by atoms with Crippen molar-refractivity contribution in [1.29, 1.82) is 5.26 Å².